The normalized spacial score (nSPS) is 13.4. The number of aromatic amines is 1. The predicted octanol–water partition coefficient (Wildman–Crippen LogP) is 1.39. The van der Waals surface area contributed by atoms with Gasteiger partial charge < -0.3 is 11.1 Å². The van der Waals surface area contributed by atoms with Crippen molar-refractivity contribution in [2.24, 2.45) is 0 Å². The molecule has 0 unspecified atom stereocenters. The number of hydrogen-bond acceptors (Lipinski definition) is 6. The molecule has 1 heterocycles. The minimum Gasteiger partial charge on any atom is -0.384 e. The molecular formula is C17H18N4O4S. The van der Waals surface area contributed by atoms with Gasteiger partial charge in [-0.1, -0.05) is 0 Å². The molecule has 1 fully saturated rings. The van der Waals surface area contributed by atoms with Gasteiger partial charge in [0.1, 0.15) is 11.4 Å². The quantitative estimate of drug-likeness (QED) is 0.518. The summed E-state index contributed by atoms with van der Waals surface area (Å²) in [6.45, 7) is 1.42. The third-order valence-electron chi connectivity index (χ3n) is 3.92. The number of nitrogen functional groups attached to an aromatic ring is 1. The van der Waals surface area contributed by atoms with Crippen molar-refractivity contribution in [3.05, 3.63) is 50.7 Å². The van der Waals surface area contributed by atoms with Gasteiger partial charge in [-0.15, -0.1) is 11.8 Å². The number of anilines is 2. The van der Waals surface area contributed by atoms with Crippen LogP contribution < -0.4 is 22.3 Å². The largest absolute Gasteiger partial charge is 0.384 e. The maximum Gasteiger partial charge on any atom is 0.330 e. The van der Waals surface area contributed by atoms with Crippen LogP contribution in [0.4, 0.5) is 11.5 Å². The molecule has 4 N–H and O–H groups in total. The Labute approximate surface area is 152 Å². The van der Waals surface area contributed by atoms with Crippen molar-refractivity contribution in [2.75, 3.05) is 16.8 Å². The van der Waals surface area contributed by atoms with Crippen molar-refractivity contribution >= 4 is 35.0 Å². The number of nitrogens with one attached hydrogen (secondary N) is 2. The van der Waals surface area contributed by atoms with E-state index in [9.17, 15) is 19.2 Å². The fraction of sp³-hybridized carbons (Fsp3) is 0.294. The Bertz CT molecular complexity index is 974. The van der Waals surface area contributed by atoms with E-state index in [4.69, 9.17) is 5.73 Å². The predicted molar refractivity (Wildman–Crippen MR) is 99.8 cm³/mol. The van der Waals surface area contributed by atoms with Crippen molar-refractivity contribution in [2.45, 2.75) is 30.7 Å². The van der Waals surface area contributed by atoms with Crippen LogP contribution in [0.5, 0.6) is 0 Å². The number of rotatable bonds is 6. The summed E-state index contributed by atoms with van der Waals surface area (Å²) in [5, 5.41) is 2.66. The second-order valence-electron chi connectivity index (χ2n) is 6.04. The molecule has 136 valence electrons. The fourth-order valence-corrected chi connectivity index (χ4v) is 3.36. The second-order valence-corrected chi connectivity index (χ2v) is 7.09. The van der Waals surface area contributed by atoms with Crippen LogP contribution in [0.1, 0.15) is 36.2 Å². The molecule has 8 nitrogen and oxygen atoms in total. The van der Waals surface area contributed by atoms with E-state index in [0.717, 1.165) is 17.7 Å². The van der Waals surface area contributed by atoms with Crippen LogP contribution in [0.3, 0.4) is 0 Å². The lowest BCUT2D eigenvalue weighted by Gasteiger charge is -2.11. The van der Waals surface area contributed by atoms with Crippen molar-refractivity contribution < 1.29 is 9.59 Å². The van der Waals surface area contributed by atoms with Crippen LogP contribution in [0.25, 0.3) is 0 Å². The highest BCUT2D eigenvalue weighted by Gasteiger charge is 2.29. The van der Waals surface area contributed by atoms with Gasteiger partial charge in [-0.2, -0.15) is 0 Å². The first-order chi connectivity index (χ1) is 12.4. The van der Waals surface area contributed by atoms with Crippen molar-refractivity contribution in [3.63, 3.8) is 0 Å². The summed E-state index contributed by atoms with van der Waals surface area (Å²) in [5.41, 5.74) is 5.09. The molecule has 3 rings (SSSR count). The topological polar surface area (TPSA) is 127 Å². The van der Waals surface area contributed by atoms with Gasteiger partial charge in [0.2, 0.25) is 5.91 Å². The maximum absolute atomic E-state index is 12.5. The molecule has 0 saturated heterocycles. The molecule has 1 aromatic carbocycles. The molecule has 1 aromatic heterocycles. The van der Waals surface area contributed by atoms with E-state index in [1.165, 1.54) is 23.3 Å². The van der Waals surface area contributed by atoms with Gasteiger partial charge in [-0.05, 0) is 37.1 Å². The van der Waals surface area contributed by atoms with Crippen molar-refractivity contribution in [1.82, 2.24) is 9.55 Å². The molecule has 0 spiro atoms. The number of H-pyrrole nitrogens is 1. The number of aromatic nitrogens is 2. The molecule has 1 aliphatic carbocycles. The third kappa shape index (κ3) is 3.88. The zero-order valence-electron chi connectivity index (χ0n) is 14.1. The Morgan fingerprint density at radius 2 is 1.92 bits per heavy atom. The number of benzene rings is 1. The molecule has 0 aliphatic heterocycles. The summed E-state index contributed by atoms with van der Waals surface area (Å²) in [6, 6.07) is 6.94. The number of carbonyl (C=O) groups excluding carboxylic acids is 2. The van der Waals surface area contributed by atoms with E-state index in [2.05, 4.69) is 10.3 Å². The van der Waals surface area contributed by atoms with Crippen LogP contribution in [0.15, 0.2) is 38.8 Å². The van der Waals surface area contributed by atoms with Gasteiger partial charge >= 0.3 is 5.69 Å². The third-order valence-corrected chi connectivity index (χ3v) is 4.93. The Hall–Kier alpha value is -2.81. The van der Waals surface area contributed by atoms with Gasteiger partial charge in [0, 0.05) is 23.5 Å². The molecule has 9 heteroatoms. The number of amides is 1. The molecule has 26 heavy (non-hydrogen) atoms. The first-order valence-corrected chi connectivity index (χ1v) is 9.03. The fourth-order valence-electron chi connectivity index (χ4n) is 2.59. The second kappa shape index (κ2) is 7.20. The summed E-state index contributed by atoms with van der Waals surface area (Å²) in [4.78, 5) is 50.4. The van der Waals surface area contributed by atoms with E-state index >= 15 is 0 Å². The number of nitrogens with zero attached hydrogens (tertiary/aromatic N) is 1. The summed E-state index contributed by atoms with van der Waals surface area (Å²) >= 11 is 1.24. The van der Waals surface area contributed by atoms with Gasteiger partial charge in [0.15, 0.2) is 5.78 Å². The van der Waals surface area contributed by atoms with Crippen LogP contribution in [-0.4, -0.2) is 27.0 Å². The smallest absolute Gasteiger partial charge is 0.330 e. The van der Waals surface area contributed by atoms with Crippen LogP contribution >= 0.6 is 11.8 Å². The summed E-state index contributed by atoms with van der Waals surface area (Å²) in [7, 11) is 0. The van der Waals surface area contributed by atoms with E-state index < -0.39 is 17.0 Å². The molecular weight excluding hydrogens is 356 g/mol. The minimum absolute atomic E-state index is 0.00956. The number of ketones is 1. The van der Waals surface area contributed by atoms with Crippen molar-refractivity contribution in [3.8, 4) is 0 Å². The molecule has 0 radical (unpaired) electrons. The SMILES string of the molecule is CC(=O)Nc1ccc(SCC(=O)c2c(N)n(C3CC3)c(=O)[nH]c2=O)cc1. The molecule has 0 bridgehead atoms. The Morgan fingerprint density at radius 1 is 1.27 bits per heavy atom. The number of hydrogen-bond donors (Lipinski definition) is 3. The lowest BCUT2D eigenvalue weighted by atomic mass is 10.2. The monoisotopic (exact) mass is 374 g/mol. The Morgan fingerprint density at radius 3 is 2.50 bits per heavy atom. The Kier molecular flexibility index (Phi) is 4.99. The van der Waals surface area contributed by atoms with Crippen LogP contribution in [0, 0.1) is 0 Å². The summed E-state index contributed by atoms with van der Waals surface area (Å²) in [6.07, 6.45) is 1.61. The average Bonchev–Trinajstić information content (AvgIpc) is 3.38. The number of carbonyl (C=O) groups is 2. The zero-order valence-corrected chi connectivity index (χ0v) is 14.9. The van der Waals surface area contributed by atoms with Gasteiger partial charge in [-0.25, -0.2) is 4.79 Å². The van der Waals surface area contributed by atoms with Gasteiger partial charge in [0.25, 0.3) is 5.56 Å². The van der Waals surface area contributed by atoms with Crippen LogP contribution in [0.2, 0.25) is 0 Å². The zero-order chi connectivity index (χ0) is 18.8. The minimum atomic E-state index is -0.754. The molecule has 1 aliphatic rings. The summed E-state index contributed by atoms with van der Waals surface area (Å²) < 4.78 is 1.29. The van der Waals surface area contributed by atoms with Crippen molar-refractivity contribution in [1.29, 1.82) is 0 Å². The van der Waals surface area contributed by atoms with E-state index in [1.807, 2.05) is 0 Å². The molecule has 1 saturated carbocycles. The van der Waals surface area contributed by atoms with E-state index in [0.29, 0.717) is 5.69 Å². The number of Topliss-reactive ketones (excluding diaryl/α,β-unsaturated/α-hetero) is 1. The molecule has 1 amide bonds. The number of nitrogens with two attached hydrogens (primary N) is 1. The first-order valence-electron chi connectivity index (χ1n) is 8.04. The highest BCUT2D eigenvalue weighted by Crippen LogP contribution is 2.35. The van der Waals surface area contributed by atoms with Gasteiger partial charge in [0.05, 0.1) is 5.75 Å². The van der Waals surface area contributed by atoms with E-state index in [-0.39, 0.29) is 29.1 Å². The average molecular weight is 374 g/mol. The first kappa shape index (κ1) is 18.0. The Balaban J connectivity index is 1.74. The molecule has 2 aromatic rings. The highest BCUT2D eigenvalue weighted by molar-refractivity contribution is 8.00. The lowest BCUT2D eigenvalue weighted by Crippen LogP contribution is -2.36. The maximum atomic E-state index is 12.5. The highest BCUT2D eigenvalue weighted by atomic mass is 32.2. The summed E-state index contributed by atoms with van der Waals surface area (Å²) in [5.74, 6) is -0.654. The molecule has 0 atom stereocenters. The lowest BCUT2D eigenvalue weighted by molar-refractivity contribution is -0.114. The van der Waals surface area contributed by atoms with Gasteiger partial charge in [-0.3, -0.25) is 23.9 Å². The van der Waals surface area contributed by atoms with Crippen LogP contribution in [-0.2, 0) is 4.79 Å². The standard InChI is InChI=1S/C17H18N4O4S/c1-9(22)19-10-2-6-12(7-3-10)26-8-13(23)14-15(18)21(11-4-5-11)17(25)20-16(14)24/h2-3,6-7,11H,4-5,8,18H2,1H3,(H,19,22)(H,20,24,25). The number of thioether (sulfide) groups is 1. The van der Waals surface area contributed by atoms with E-state index in [1.54, 1.807) is 24.3 Å².